The molecule has 0 aliphatic rings. The van der Waals surface area contributed by atoms with Crippen molar-refractivity contribution in [1.29, 1.82) is 0 Å². The lowest BCUT2D eigenvalue weighted by atomic mass is 10.0. The van der Waals surface area contributed by atoms with E-state index < -0.39 is 0 Å². The molecule has 1 heterocycles. The van der Waals surface area contributed by atoms with Crippen LogP contribution in [0.5, 0.6) is 11.5 Å². The Morgan fingerprint density at radius 2 is 2.00 bits per heavy atom. The smallest absolute Gasteiger partial charge is 0.124 e. The van der Waals surface area contributed by atoms with Gasteiger partial charge in [0.15, 0.2) is 0 Å². The van der Waals surface area contributed by atoms with Crippen molar-refractivity contribution >= 4 is 10.9 Å². The number of H-pyrrole nitrogens is 1. The van der Waals surface area contributed by atoms with Crippen LogP contribution in [-0.4, -0.2) is 20.4 Å². The number of hydrogen-bond donors (Lipinski definition) is 3. The number of hydrogen-bond acceptors (Lipinski definition) is 3. The van der Waals surface area contributed by atoms with Crippen LogP contribution < -0.4 is 0 Å². The lowest BCUT2D eigenvalue weighted by Crippen LogP contribution is -1.81. The zero-order valence-corrected chi connectivity index (χ0v) is 8.81. The second-order valence-corrected chi connectivity index (χ2v) is 3.74. The average Bonchev–Trinajstić information content (AvgIpc) is 2.76. The van der Waals surface area contributed by atoms with E-state index in [0.29, 0.717) is 11.1 Å². The zero-order chi connectivity index (χ0) is 11.8. The van der Waals surface area contributed by atoms with Crippen LogP contribution in [0.2, 0.25) is 0 Å². The average molecular weight is 225 g/mol. The first-order chi connectivity index (χ1) is 8.25. The second-order valence-electron chi connectivity index (χ2n) is 3.74. The molecule has 17 heavy (non-hydrogen) atoms. The minimum atomic E-state index is 0.0439. The molecule has 83 valence electrons. The summed E-state index contributed by atoms with van der Waals surface area (Å²) in [6.45, 7) is 0. The van der Waals surface area contributed by atoms with E-state index in [1.165, 1.54) is 6.07 Å². The molecule has 0 saturated heterocycles. The third kappa shape index (κ3) is 1.50. The summed E-state index contributed by atoms with van der Waals surface area (Å²) in [5.74, 6) is 0.183. The fraction of sp³-hybridized carbons (Fsp3) is 0. The summed E-state index contributed by atoms with van der Waals surface area (Å²) < 4.78 is 0. The van der Waals surface area contributed by atoms with Crippen LogP contribution in [-0.2, 0) is 0 Å². The molecular formula is C13H9N2O2. The summed E-state index contributed by atoms with van der Waals surface area (Å²) in [6, 6.07) is 11.2. The SMILES string of the molecule is Oc1[c]c(-c2c(O)ccc3[nH]ncc23)ccc1. The first kappa shape index (κ1) is 9.72. The van der Waals surface area contributed by atoms with Crippen molar-refractivity contribution in [3.63, 3.8) is 0 Å². The summed E-state index contributed by atoms with van der Waals surface area (Å²) in [5, 5.41) is 26.9. The Labute approximate surface area is 97.2 Å². The lowest BCUT2D eigenvalue weighted by molar-refractivity contribution is 0.473. The summed E-state index contributed by atoms with van der Waals surface area (Å²) >= 11 is 0. The Hall–Kier alpha value is -2.49. The number of nitrogens with one attached hydrogen (secondary N) is 1. The first-order valence-corrected chi connectivity index (χ1v) is 5.12. The number of fused-ring (bicyclic) bond motifs is 1. The summed E-state index contributed by atoms with van der Waals surface area (Å²) in [6.07, 6.45) is 1.64. The molecule has 3 aromatic rings. The molecule has 3 rings (SSSR count). The molecule has 0 aliphatic heterocycles. The molecule has 0 bridgehead atoms. The Morgan fingerprint density at radius 1 is 1.12 bits per heavy atom. The number of nitrogens with zero attached hydrogens (tertiary/aromatic N) is 1. The quantitative estimate of drug-likeness (QED) is 0.595. The van der Waals surface area contributed by atoms with Crippen LogP contribution in [0.25, 0.3) is 22.0 Å². The molecule has 0 fully saturated rings. The molecule has 4 heteroatoms. The highest BCUT2D eigenvalue weighted by Crippen LogP contribution is 2.36. The maximum Gasteiger partial charge on any atom is 0.124 e. The van der Waals surface area contributed by atoms with Gasteiger partial charge in [-0.3, -0.25) is 5.10 Å². The molecule has 0 atom stereocenters. The molecule has 0 aliphatic carbocycles. The summed E-state index contributed by atoms with van der Waals surface area (Å²) in [7, 11) is 0. The van der Waals surface area contributed by atoms with Gasteiger partial charge in [0.2, 0.25) is 0 Å². The topological polar surface area (TPSA) is 69.1 Å². The fourth-order valence-electron chi connectivity index (χ4n) is 1.89. The van der Waals surface area contributed by atoms with E-state index in [1.54, 1.807) is 30.5 Å². The maximum atomic E-state index is 9.93. The fourth-order valence-corrected chi connectivity index (χ4v) is 1.89. The molecule has 4 nitrogen and oxygen atoms in total. The second kappa shape index (κ2) is 3.52. The van der Waals surface area contributed by atoms with Gasteiger partial charge in [0.05, 0.1) is 11.7 Å². The molecule has 2 aromatic carbocycles. The molecule has 0 saturated carbocycles. The van der Waals surface area contributed by atoms with Crippen LogP contribution in [0, 0.1) is 6.07 Å². The van der Waals surface area contributed by atoms with E-state index >= 15 is 0 Å². The number of aromatic hydroxyl groups is 2. The molecule has 0 amide bonds. The van der Waals surface area contributed by atoms with E-state index in [1.807, 2.05) is 0 Å². The summed E-state index contributed by atoms with van der Waals surface area (Å²) in [5.41, 5.74) is 2.08. The minimum Gasteiger partial charge on any atom is -0.507 e. The van der Waals surface area contributed by atoms with Crippen LogP contribution in [0.15, 0.2) is 36.5 Å². The third-order valence-corrected chi connectivity index (χ3v) is 2.65. The highest BCUT2D eigenvalue weighted by molar-refractivity contribution is 5.97. The van der Waals surface area contributed by atoms with E-state index in [-0.39, 0.29) is 11.5 Å². The lowest BCUT2D eigenvalue weighted by Gasteiger charge is -2.06. The van der Waals surface area contributed by atoms with Gasteiger partial charge in [-0.05, 0) is 23.8 Å². The van der Waals surface area contributed by atoms with Gasteiger partial charge in [0, 0.05) is 17.0 Å². The van der Waals surface area contributed by atoms with Crippen molar-refractivity contribution in [3.05, 3.63) is 42.6 Å². The number of rotatable bonds is 1. The number of aromatic nitrogens is 2. The van der Waals surface area contributed by atoms with Gasteiger partial charge < -0.3 is 10.2 Å². The molecular weight excluding hydrogens is 216 g/mol. The van der Waals surface area contributed by atoms with Gasteiger partial charge in [0.1, 0.15) is 11.5 Å². The normalized spacial score (nSPS) is 10.8. The highest BCUT2D eigenvalue weighted by atomic mass is 16.3. The molecule has 0 spiro atoms. The predicted molar refractivity (Wildman–Crippen MR) is 63.7 cm³/mol. The van der Waals surface area contributed by atoms with Crippen molar-refractivity contribution in [2.45, 2.75) is 0 Å². The van der Waals surface area contributed by atoms with E-state index in [9.17, 15) is 10.2 Å². The van der Waals surface area contributed by atoms with Crippen LogP contribution in [0.4, 0.5) is 0 Å². The van der Waals surface area contributed by atoms with Crippen LogP contribution in [0.1, 0.15) is 0 Å². The van der Waals surface area contributed by atoms with E-state index in [4.69, 9.17) is 0 Å². The Bertz CT molecular complexity index is 689. The monoisotopic (exact) mass is 225 g/mol. The Kier molecular flexibility index (Phi) is 2.01. The van der Waals surface area contributed by atoms with Gasteiger partial charge in [-0.2, -0.15) is 5.10 Å². The van der Waals surface area contributed by atoms with Gasteiger partial charge in [0.25, 0.3) is 0 Å². The van der Waals surface area contributed by atoms with E-state index in [2.05, 4.69) is 16.3 Å². The number of phenolic OH excluding ortho intramolecular Hbond substituents is 2. The number of benzene rings is 2. The van der Waals surface area contributed by atoms with E-state index in [0.717, 1.165) is 10.9 Å². The third-order valence-electron chi connectivity index (χ3n) is 2.65. The molecule has 1 radical (unpaired) electrons. The van der Waals surface area contributed by atoms with Gasteiger partial charge in [-0.15, -0.1) is 0 Å². The predicted octanol–water partition coefficient (Wildman–Crippen LogP) is 2.44. The molecule has 3 N–H and O–H groups in total. The maximum absolute atomic E-state index is 9.93. The van der Waals surface area contributed by atoms with Crippen molar-refractivity contribution in [2.24, 2.45) is 0 Å². The van der Waals surface area contributed by atoms with Crippen molar-refractivity contribution < 1.29 is 10.2 Å². The number of aromatic amines is 1. The summed E-state index contributed by atoms with van der Waals surface area (Å²) in [4.78, 5) is 0. The first-order valence-electron chi connectivity index (χ1n) is 5.12. The highest BCUT2D eigenvalue weighted by Gasteiger charge is 2.11. The Balaban J connectivity index is 2.36. The Morgan fingerprint density at radius 3 is 2.82 bits per heavy atom. The largest absolute Gasteiger partial charge is 0.507 e. The molecule has 0 unspecified atom stereocenters. The minimum absolute atomic E-state index is 0.0439. The van der Waals surface area contributed by atoms with Crippen LogP contribution in [0.3, 0.4) is 0 Å². The number of phenols is 2. The zero-order valence-electron chi connectivity index (χ0n) is 8.81. The van der Waals surface area contributed by atoms with Crippen molar-refractivity contribution in [1.82, 2.24) is 10.2 Å². The standard InChI is InChI=1S/C13H9N2O2/c16-9-3-1-2-8(6-9)13-10-7-14-15-11(10)4-5-12(13)17/h1-5,7,16-17H,(H,14,15). The van der Waals surface area contributed by atoms with Crippen molar-refractivity contribution in [3.8, 4) is 22.6 Å². The van der Waals surface area contributed by atoms with Crippen molar-refractivity contribution in [2.75, 3.05) is 0 Å². The molecule has 1 aromatic heterocycles. The van der Waals surface area contributed by atoms with Gasteiger partial charge in [-0.1, -0.05) is 12.1 Å². The van der Waals surface area contributed by atoms with Gasteiger partial charge in [-0.25, -0.2) is 0 Å². The van der Waals surface area contributed by atoms with Crippen LogP contribution >= 0.6 is 0 Å². The van der Waals surface area contributed by atoms with Gasteiger partial charge >= 0.3 is 0 Å².